The van der Waals surface area contributed by atoms with Crippen molar-refractivity contribution in [2.45, 2.75) is 72.1 Å². The van der Waals surface area contributed by atoms with Crippen LogP contribution in [0.25, 0.3) is 0 Å². The second-order valence-corrected chi connectivity index (χ2v) is 6.42. The summed E-state index contributed by atoms with van der Waals surface area (Å²) in [4.78, 5) is 10.9. The number of aliphatic carboxylic acids is 1. The summed E-state index contributed by atoms with van der Waals surface area (Å²) in [5.41, 5.74) is 0.897. The van der Waals surface area contributed by atoms with Gasteiger partial charge in [-0.1, -0.05) is 40.0 Å². The van der Waals surface area contributed by atoms with Crippen LogP contribution in [0.4, 0.5) is 0 Å². The molecule has 5 nitrogen and oxygen atoms in total. The molecule has 0 heterocycles. The van der Waals surface area contributed by atoms with E-state index in [2.05, 4.69) is 20.8 Å². The number of hydrogen-bond donors (Lipinski definition) is 1. The molecule has 0 atom stereocenters. The monoisotopic (exact) mass is 366 g/mol. The first-order chi connectivity index (χ1) is 12.6. The molecule has 0 aliphatic rings. The normalized spacial score (nSPS) is 10.6. The van der Waals surface area contributed by atoms with E-state index in [1.165, 1.54) is 0 Å². The number of carboxylic acids is 1. The first kappa shape index (κ1) is 22.1. The zero-order valence-electron chi connectivity index (χ0n) is 16.5. The van der Waals surface area contributed by atoms with Crippen LogP contribution in [0.15, 0.2) is 12.1 Å². The molecule has 0 spiro atoms. The summed E-state index contributed by atoms with van der Waals surface area (Å²) in [5, 5.41) is 8.97. The van der Waals surface area contributed by atoms with Gasteiger partial charge in [-0.15, -0.1) is 0 Å². The number of benzene rings is 1. The summed E-state index contributed by atoms with van der Waals surface area (Å²) < 4.78 is 17.9. The minimum Gasteiger partial charge on any atom is -0.490 e. The van der Waals surface area contributed by atoms with Crippen molar-refractivity contribution in [1.29, 1.82) is 0 Å². The molecule has 1 aromatic rings. The van der Waals surface area contributed by atoms with E-state index in [0.29, 0.717) is 43.5 Å². The Kier molecular flexibility index (Phi) is 11.3. The molecule has 1 aromatic carbocycles. The first-order valence-corrected chi connectivity index (χ1v) is 9.89. The van der Waals surface area contributed by atoms with Crippen LogP contribution in [-0.2, 0) is 11.2 Å². The predicted molar refractivity (Wildman–Crippen MR) is 104 cm³/mol. The predicted octanol–water partition coefficient (Wildman–Crippen LogP) is 5.24. The maximum absolute atomic E-state index is 10.9. The zero-order valence-corrected chi connectivity index (χ0v) is 16.5. The maximum Gasteiger partial charge on any atom is 0.303 e. The van der Waals surface area contributed by atoms with E-state index in [9.17, 15) is 4.79 Å². The van der Waals surface area contributed by atoms with Crippen molar-refractivity contribution in [1.82, 2.24) is 0 Å². The Morgan fingerprint density at radius 1 is 0.846 bits per heavy atom. The summed E-state index contributed by atoms with van der Waals surface area (Å²) in [6.07, 6.45) is 6.55. The van der Waals surface area contributed by atoms with Gasteiger partial charge in [-0.25, -0.2) is 0 Å². The third kappa shape index (κ3) is 8.45. The molecule has 0 aromatic heterocycles. The highest BCUT2D eigenvalue weighted by atomic mass is 16.5. The van der Waals surface area contributed by atoms with Crippen molar-refractivity contribution in [3.05, 3.63) is 17.7 Å². The Hall–Kier alpha value is -1.91. The minimum absolute atomic E-state index is 0.0822. The van der Waals surface area contributed by atoms with Crippen LogP contribution in [0.1, 0.15) is 71.3 Å². The topological polar surface area (TPSA) is 65.0 Å². The van der Waals surface area contributed by atoms with Gasteiger partial charge in [0.05, 0.1) is 19.8 Å². The minimum atomic E-state index is -0.810. The smallest absolute Gasteiger partial charge is 0.303 e. The number of carbonyl (C=O) groups is 1. The maximum atomic E-state index is 10.9. The highest BCUT2D eigenvalue weighted by Crippen LogP contribution is 2.39. The Bertz CT molecular complexity index is 496. The fourth-order valence-corrected chi connectivity index (χ4v) is 2.35. The third-order valence-electron chi connectivity index (χ3n) is 3.96. The molecule has 0 radical (unpaired) electrons. The lowest BCUT2D eigenvalue weighted by molar-refractivity contribution is -0.136. The lowest BCUT2D eigenvalue weighted by Gasteiger charge is -2.18. The van der Waals surface area contributed by atoms with Crippen molar-refractivity contribution in [3.63, 3.8) is 0 Å². The fourth-order valence-electron chi connectivity index (χ4n) is 2.35. The summed E-state index contributed by atoms with van der Waals surface area (Å²) >= 11 is 0. The van der Waals surface area contributed by atoms with E-state index in [1.54, 1.807) is 0 Å². The van der Waals surface area contributed by atoms with Gasteiger partial charge in [0.2, 0.25) is 5.75 Å². The second kappa shape index (κ2) is 13.3. The molecule has 0 bridgehead atoms. The SMILES string of the molecule is CCCCOc1cc(CCC(=O)O)cc(OCCCC)c1OCCCC. The molecule has 0 saturated carbocycles. The molecule has 0 aliphatic heterocycles. The zero-order chi connectivity index (χ0) is 19.2. The van der Waals surface area contributed by atoms with E-state index < -0.39 is 5.97 Å². The Labute approximate surface area is 157 Å². The van der Waals surface area contributed by atoms with E-state index in [1.807, 2.05) is 12.1 Å². The molecular formula is C21H34O5. The van der Waals surface area contributed by atoms with Crippen LogP contribution in [0.3, 0.4) is 0 Å². The number of rotatable bonds is 15. The highest BCUT2D eigenvalue weighted by molar-refractivity contribution is 5.67. The third-order valence-corrected chi connectivity index (χ3v) is 3.96. The summed E-state index contributed by atoms with van der Waals surface area (Å²) in [7, 11) is 0. The summed E-state index contributed by atoms with van der Waals surface area (Å²) in [5.74, 6) is 1.15. The van der Waals surface area contributed by atoms with Crippen LogP contribution >= 0.6 is 0 Å². The lowest BCUT2D eigenvalue weighted by atomic mass is 10.1. The Balaban J connectivity index is 3.07. The van der Waals surface area contributed by atoms with Crippen molar-refractivity contribution in [2.24, 2.45) is 0 Å². The van der Waals surface area contributed by atoms with Gasteiger partial charge in [-0.3, -0.25) is 4.79 Å². The summed E-state index contributed by atoms with van der Waals surface area (Å²) in [6, 6.07) is 3.79. The molecule has 26 heavy (non-hydrogen) atoms. The summed E-state index contributed by atoms with van der Waals surface area (Å²) in [6.45, 7) is 8.18. The molecule has 0 aliphatic carbocycles. The van der Waals surface area contributed by atoms with Gasteiger partial charge in [0.1, 0.15) is 0 Å². The molecule has 0 saturated heterocycles. The van der Waals surface area contributed by atoms with Crippen molar-refractivity contribution < 1.29 is 24.1 Å². The van der Waals surface area contributed by atoms with E-state index in [0.717, 1.165) is 44.1 Å². The Morgan fingerprint density at radius 2 is 1.31 bits per heavy atom. The number of unbranched alkanes of at least 4 members (excludes halogenated alkanes) is 3. The van der Waals surface area contributed by atoms with Gasteiger partial charge < -0.3 is 19.3 Å². The number of hydrogen-bond acceptors (Lipinski definition) is 4. The molecular weight excluding hydrogens is 332 g/mol. The van der Waals surface area contributed by atoms with Crippen LogP contribution in [0.2, 0.25) is 0 Å². The van der Waals surface area contributed by atoms with E-state index in [4.69, 9.17) is 19.3 Å². The van der Waals surface area contributed by atoms with Gasteiger partial charge >= 0.3 is 5.97 Å². The standard InChI is InChI=1S/C21H34O5/c1-4-7-12-24-18-15-17(10-11-20(22)23)16-19(25-13-8-5-2)21(18)26-14-9-6-3/h15-16H,4-14H2,1-3H3,(H,22,23). The van der Waals surface area contributed by atoms with Crippen molar-refractivity contribution in [2.75, 3.05) is 19.8 Å². The van der Waals surface area contributed by atoms with Crippen LogP contribution in [0.5, 0.6) is 17.2 Å². The molecule has 5 heteroatoms. The Morgan fingerprint density at radius 3 is 1.73 bits per heavy atom. The molecule has 0 unspecified atom stereocenters. The van der Waals surface area contributed by atoms with Crippen molar-refractivity contribution >= 4 is 5.97 Å². The van der Waals surface area contributed by atoms with Gasteiger partial charge in [0.25, 0.3) is 0 Å². The number of aryl methyl sites for hydroxylation is 1. The quantitative estimate of drug-likeness (QED) is 0.430. The highest BCUT2D eigenvalue weighted by Gasteiger charge is 2.16. The van der Waals surface area contributed by atoms with E-state index >= 15 is 0 Å². The fraction of sp³-hybridized carbons (Fsp3) is 0.667. The lowest BCUT2D eigenvalue weighted by Crippen LogP contribution is -2.07. The molecule has 0 fully saturated rings. The average molecular weight is 366 g/mol. The van der Waals surface area contributed by atoms with E-state index in [-0.39, 0.29) is 6.42 Å². The molecule has 0 amide bonds. The van der Waals surface area contributed by atoms with Crippen molar-refractivity contribution in [3.8, 4) is 17.2 Å². The van der Waals surface area contributed by atoms with Gasteiger partial charge in [0, 0.05) is 6.42 Å². The van der Waals surface area contributed by atoms with Gasteiger partial charge in [-0.05, 0) is 43.4 Å². The van der Waals surface area contributed by atoms with Crippen LogP contribution < -0.4 is 14.2 Å². The largest absolute Gasteiger partial charge is 0.490 e. The first-order valence-electron chi connectivity index (χ1n) is 9.89. The van der Waals surface area contributed by atoms with Gasteiger partial charge in [0.15, 0.2) is 11.5 Å². The average Bonchev–Trinajstić information content (AvgIpc) is 2.62. The molecule has 1 N–H and O–H groups in total. The molecule has 1 rings (SSSR count). The number of ether oxygens (including phenoxy) is 3. The van der Waals surface area contributed by atoms with Crippen LogP contribution in [-0.4, -0.2) is 30.9 Å². The van der Waals surface area contributed by atoms with Crippen LogP contribution in [0, 0.1) is 0 Å². The molecule has 148 valence electrons. The number of carboxylic acid groups (broad SMARTS) is 1. The second-order valence-electron chi connectivity index (χ2n) is 6.42. The van der Waals surface area contributed by atoms with Gasteiger partial charge in [-0.2, -0.15) is 0 Å².